The van der Waals surface area contributed by atoms with Gasteiger partial charge in [-0.15, -0.1) is 0 Å². The highest BCUT2D eigenvalue weighted by atomic mass is 32.2. The molecule has 0 saturated heterocycles. The van der Waals surface area contributed by atoms with E-state index in [1.807, 2.05) is 18.2 Å². The molecule has 0 heterocycles. The lowest BCUT2D eigenvalue weighted by molar-refractivity contribution is -0.121. The Labute approximate surface area is 156 Å². The average molecular weight is 387 g/mol. The maximum Gasteiger partial charge on any atom is 0.220 e. The molecule has 1 aromatic rings. The maximum atomic E-state index is 11.8. The number of carbonyl (C=O) groups excluding carboxylic acids is 1. The Morgan fingerprint density at radius 2 is 1.77 bits per heavy atom. The summed E-state index contributed by atoms with van der Waals surface area (Å²) in [6.07, 6.45) is 2.35. The molecule has 0 atom stereocenters. The number of ether oxygens (including phenoxy) is 2. The van der Waals surface area contributed by atoms with Crippen molar-refractivity contribution in [2.75, 3.05) is 27.3 Å². The number of methoxy groups -OCH3 is 2. The fraction of sp³-hybridized carbons (Fsp3) is 0.611. The number of unbranched alkanes of at least 4 members (excludes halogenated alkanes) is 1. The molecule has 0 aliphatic rings. The van der Waals surface area contributed by atoms with Gasteiger partial charge in [0, 0.05) is 19.5 Å². The zero-order valence-electron chi connectivity index (χ0n) is 16.0. The molecular weight excluding hydrogens is 356 g/mol. The van der Waals surface area contributed by atoms with Crippen LogP contribution in [0.5, 0.6) is 11.5 Å². The van der Waals surface area contributed by atoms with Crippen LogP contribution in [0.15, 0.2) is 18.2 Å². The molecule has 148 valence electrons. The Kier molecular flexibility index (Phi) is 9.43. The summed E-state index contributed by atoms with van der Waals surface area (Å²) in [7, 11) is -0.0475. The molecule has 7 nitrogen and oxygen atoms in total. The zero-order valence-corrected chi connectivity index (χ0v) is 16.8. The van der Waals surface area contributed by atoms with Gasteiger partial charge < -0.3 is 14.8 Å². The first-order chi connectivity index (χ1) is 12.3. The van der Waals surface area contributed by atoms with Crippen molar-refractivity contribution in [3.63, 3.8) is 0 Å². The quantitative estimate of drug-likeness (QED) is 0.535. The molecule has 2 N–H and O–H groups in total. The van der Waals surface area contributed by atoms with E-state index in [4.69, 9.17) is 9.47 Å². The second-order valence-corrected chi connectivity index (χ2v) is 8.56. The molecule has 0 spiro atoms. The lowest BCUT2D eigenvalue weighted by atomic mass is 10.1. The SMILES string of the molecule is COc1ccc(CCNC(=O)CCCCNS(=O)(=O)C(C)C)cc1OC. The highest BCUT2D eigenvalue weighted by molar-refractivity contribution is 7.90. The number of benzene rings is 1. The Morgan fingerprint density at radius 3 is 2.38 bits per heavy atom. The number of hydrogen-bond acceptors (Lipinski definition) is 5. The molecule has 1 aromatic carbocycles. The first-order valence-corrected chi connectivity index (χ1v) is 10.3. The Bertz CT molecular complexity index is 674. The number of carbonyl (C=O) groups is 1. The summed E-state index contributed by atoms with van der Waals surface area (Å²) in [6.45, 7) is 4.16. The fourth-order valence-electron chi connectivity index (χ4n) is 2.26. The summed E-state index contributed by atoms with van der Waals surface area (Å²) < 4.78 is 36.2. The topological polar surface area (TPSA) is 93.7 Å². The van der Waals surface area contributed by atoms with Gasteiger partial charge in [-0.2, -0.15) is 0 Å². The largest absolute Gasteiger partial charge is 0.493 e. The molecule has 0 bridgehead atoms. The van der Waals surface area contributed by atoms with Gasteiger partial charge in [0.1, 0.15) is 0 Å². The standard InChI is InChI=1S/C18H30N2O5S/c1-14(2)26(22,23)20-11-6-5-7-18(21)19-12-10-15-8-9-16(24-3)17(13-15)25-4/h8-9,13-14,20H,5-7,10-12H2,1-4H3,(H,19,21). The molecule has 8 heteroatoms. The highest BCUT2D eigenvalue weighted by Crippen LogP contribution is 2.27. The third kappa shape index (κ3) is 7.61. The summed E-state index contributed by atoms with van der Waals surface area (Å²) in [5.74, 6) is 1.31. The summed E-state index contributed by atoms with van der Waals surface area (Å²) in [6, 6.07) is 5.67. The molecule has 0 radical (unpaired) electrons. The number of hydrogen-bond donors (Lipinski definition) is 2. The first kappa shape index (κ1) is 22.2. The third-order valence-electron chi connectivity index (χ3n) is 3.94. The van der Waals surface area contributed by atoms with Crippen molar-refractivity contribution in [1.29, 1.82) is 0 Å². The Hall–Kier alpha value is -1.80. The van der Waals surface area contributed by atoms with Crippen LogP contribution in [0.1, 0.15) is 38.7 Å². The van der Waals surface area contributed by atoms with E-state index >= 15 is 0 Å². The van der Waals surface area contributed by atoms with E-state index in [1.54, 1.807) is 28.1 Å². The third-order valence-corrected chi connectivity index (χ3v) is 5.79. The number of amides is 1. The van der Waals surface area contributed by atoms with E-state index in [1.165, 1.54) is 0 Å². The second kappa shape index (κ2) is 11.0. The monoisotopic (exact) mass is 386 g/mol. The lowest BCUT2D eigenvalue weighted by Gasteiger charge is -2.10. The van der Waals surface area contributed by atoms with Gasteiger partial charge in [-0.3, -0.25) is 4.79 Å². The van der Waals surface area contributed by atoms with Gasteiger partial charge in [0.25, 0.3) is 0 Å². The minimum atomic E-state index is -3.22. The van der Waals surface area contributed by atoms with Gasteiger partial charge in [-0.05, 0) is 50.8 Å². The Balaban J connectivity index is 2.23. The van der Waals surface area contributed by atoms with E-state index in [9.17, 15) is 13.2 Å². The fourth-order valence-corrected chi connectivity index (χ4v) is 3.02. The Morgan fingerprint density at radius 1 is 1.08 bits per heavy atom. The lowest BCUT2D eigenvalue weighted by Crippen LogP contribution is -2.31. The van der Waals surface area contributed by atoms with E-state index in [0.29, 0.717) is 50.3 Å². The molecular formula is C18H30N2O5S. The molecule has 1 amide bonds. The molecule has 0 unspecified atom stereocenters. The molecule has 0 aliphatic heterocycles. The van der Waals surface area contributed by atoms with Crippen LogP contribution in [0.4, 0.5) is 0 Å². The predicted octanol–water partition coefficient (Wildman–Crippen LogP) is 1.86. The smallest absolute Gasteiger partial charge is 0.220 e. The molecule has 0 aliphatic carbocycles. The van der Waals surface area contributed by atoms with Gasteiger partial charge in [0.15, 0.2) is 11.5 Å². The average Bonchev–Trinajstić information content (AvgIpc) is 2.61. The van der Waals surface area contributed by atoms with Crippen LogP contribution >= 0.6 is 0 Å². The van der Waals surface area contributed by atoms with Gasteiger partial charge >= 0.3 is 0 Å². The van der Waals surface area contributed by atoms with Crippen LogP contribution in [-0.4, -0.2) is 46.9 Å². The van der Waals surface area contributed by atoms with Crippen molar-refractivity contribution in [2.45, 2.75) is 44.8 Å². The van der Waals surface area contributed by atoms with Crippen LogP contribution in [0.25, 0.3) is 0 Å². The van der Waals surface area contributed by atoms with Crippen molar-refractivity contribution in [3.8, 4) is 11.5 Å². The molecule has 0 aromatic heterocycles. The van der Waals surface area contributed by atoms with Crippen LogP contribution in [0.3, 0.4) is 0 Å². The first-order valence-electron chi connectivity index (χ1n) is 8.76. The predicted molar refractivity (Wildman–Crippen MR) is 102 cm³/mol. The normalized spacial score (nSPS) is 11.4. The van der Waals surface area contributed by atoms with Crippen molar-refractivity contribution in [3.05, 3.63) is 23.8 Å². The molecule has 26 heavy (non-hydrogen) atoms. The number of nitrogens with one attached hydrogen (secondary N) is 2. The molecule has 0 saturated carbocycles. The van der Waals surface area contributed by atoms with Crippen molar-refractivity contribution in [2.24, 2.45) is 0 Å². The van der Waals surface area contributed by atoms with Gasteiger partial charge in [-0.1, -0.05) is 6.07 Å². The zero-order chi connectivity index (χ0) is 19.6. The van der Waals surface area contributed by atoms with Crippen molar-refractivity contribution >= 4 is 15.9 Å². The van der Waals surface area contributed by atoms with Crippen LogP contribution in [0, 0.1) is 0 Å². The second-order valence-electron chi connectivity index (χ2n) is 6.23. The summed E-state index contributed by atoms with van der Waals surface area (Å²) >= 11 is 0. The summed E-state index contributed by atoms with van der Waals surface area (Å²) in [5.41, 5.74) is 1.05. The minimum absolute atomic E-state index is 0.0304. The van der Waals surface area contributed by atoms with E-state index in [2.05, 4.69) is 10.0 Å². The molecule has 0 fully saturated rings. The van der Waals surface area contributed by atoms with E-state index < -0.39 is 15.3 Å². The number of sulfonamides is 1. The number of rotatable bonds is 12. The van der Waals surface area contributed by atoms with Gasteiger partial charge in [0.2, 0.25) is 15.9 Å². The van der Waals surface area contributed by atoms with E-state index in [-0.39, 0.29) is 5.91 Å². The summed E-state index contributed by atoms with van der Waals surface area (Å²) in [5, 5.41) is 2.43. The van der Waals surface area contributed by atoms with Crippen molar-refractivity contribution < 1.29 is 22.7 Å². The van der Waals surface area contributed by atoms with Crippen LogP contribution < -0.4 is 19.5 Å². The van der Waals surface area contributed by atoms with Crippen molar-refractivity contribution in [1.82, 2.24) is 10.0 Å². The van der Waals surface area contributed by atoms with E-state index in [0.717, 1.165) is 5.56 Å². The highest BCUT2D eigenvalue weighted by Gasteiger charge is 2.14. The van der Waals surface area contributed by atoms with Crippen LogP contribution in [-0.2, 0) is 21.2 Å². The minimum Gasteiger partial charge on any atom is -0.493 e. The van der Waals surface area contributed by atoms with Gasteiger partial charge in [0.05, 0.1) is 19.5 Å². The molecule has 1 rings (SSSR count). The maximum absolute atomic E-state index is 11.8. The van der Waals surface area contributed by atoms with Crippen LogP contribution in [0.2, 0.25) is 0 Å². The van der Waals surface area contributed by atoms with Gasteiger partial charge in [-0.25, -0.2) is 13.1 Å². The summed E-state index contributed by atoms with van der Waals surface area (Å²) in [4.78, 5) is 11.8.